The van der Waals surface area contributed by atoms with Gasteiger partial charge in [-0.15, -0.1) is 11.3 Å². The van der Waals surface area contributed by atoms with E-state index in [4.69, 9.17) is 4.98 Å². The van der Waals surface area contributed by atoms with Crippen molar-refractivity contribution in [1.29, 1.82) is 0 Å². The second-order valence-corrected chi connectivity index (χ2v) is 6.51. The average Bonchev–Trinajstić information content (AvgIpc) is 3.20. The van der Waals surface area contributed by atoms with E-state index in [0.29, 0.717) is 11.8 Å². The largest absolute Gasteiger partial charge is 0.373 e. The Hall–Kier alpha value is -1.69. The van der Waals surface area contributed by atoms with E-state index in [1.807, 2.05) is 18.6 Å². The van der Waals surface area contributed by atoms with E-state index in [1.165, 1.54) is 12.8 Å². The van der Waals surface area contributed by atoms with Crippen LogP contribution < -0.4 is 10.6 Å². The SMILES string of the molecule is CNc1nc(C2CC2)nc(NCC(C)c2nccs2)c1C. The Morgan fingerprint density at radius 3 is 2.71 bits per heavy atom. The third-order valence-electron chi connectivity index (χ3n) is 3.79. The van der Waals surface area contributed by atoms with Gasteiger partial charge in [-0.05, 0) is 19.8 Å². The average molecular weight is 303 g/mol. The molecule has 21 heavy (non-hydrogen) atoms. The summed E-state index contributed by atoms with van der Waals surface area (Å²) in [6.07, 6.45) is 4.28. The number of hydrogen-bond donors (Lipinski definition) is 2. The lowest BCUT2D eigenvalue weighted by Crippen LogP contribution is -2.14. The minimum atomic E-state index is 0.377. The van der Waals surface area contributed by atoms with E-state index >= 15 is 0 Å². The Balaban J connectivity index is 1.76. The smallest absolute Gasteiger partial charge is 0.136 e. The summed E-state index contributed by atoms with van der Waals surface area (Å²) < 4.78 is 0. The van der Waals surface area contributed by atoms with Crippen LogP contribution in [0.1, 0.15) is 48.0 Å². The molecule has 2 aromatic rings. The van der Waals surface area contributed by atoms with Gasteiger partial charge < -0.3 is 10.6 Å². The van der Waals surface area contributed by atoms with Crippen molar-refractivity contribution in [3.05, 3.63) is 28.0 Å². The van der Waals surface area contributed by atoms with Crippen molar-refractivity contribution < 1.29 is 0 Å². The first kappa shape index (κ1) is 14.3. The van der Waals surface area contributed by atoms with Crippen LogP contribution in [0.25, 0.3) is 0 Å². The molecule has 1 atom stereocenters. The Kier molecular flexibility index (Phi) is 4.05. The molecule has 3 rings (SSSR count). The molecular weight excluding hydrogens is 282 g/mol. The second kappa shape index (κ2) is 5.97. The van der Waals surface area contributed by atoms with Gasteiger partial charge >= 0.3 is 0 Å². The number of rotatable bonds is 6. The number of thiazole rings is 1. The molecule has 112 valence electrons. The first-order chi connectivity index (χ1) is 10.2. The minimum Gasteiger partial charge on any atom is -0.373 e. The van der Waals surface area contributed by atoms with Crippen LogP contribution in [0, 0.1) is 6.92 Å². The summed E-state index contributed by atoms with van der Waals surface area (Å²) in [5.41, 5.74) is 1.08. The highest BCUT2D eigenvalue weighted by atomic mass is 32.1. The summed E-state index contributed by atoms with van der Waals surface area (Å²) in [5, 5.41) is 9.82. The second-order valence-electron chi connectivity index (χ2n) is 5.58. The summed E-state index contributed by atoms with van der Waals surface area (Å²) in [6.45, 7) is 5.07. The lowest BCUT2D eigenvalue weighted by molar-refractivity contribution is 0.787. The molecule has 2 heterocycles. The zero-order valence-electron chi connectivity index (χ0n) is 12.7. The quantitative estimate of drug-likeness (QED) is 0.856. The summed E-state index contributed by atoms with van der Waals surface area (Å²) in [4.78, 5) is 13.7. The molecule has 1 aliphatic carbocycles. The molecule has 1 aliphatic rings. The van der Waals surface area contributed by atoms with Crippen molar-refractivity contribution in [3.8, 4) is 0 Å². The molecular formula is C15H21N5S. The van der Waals surface area contributed by atoms with E-state index in [9.17, 15) is 0 Å². The Morgan fingerprint density at radius 1 is 1.33 bits per heavy atom. The van der Waals surface area contributed by atoms with E-state index in [0.717, 1.165) is 34.6 Å². The van der Waals surface area contributed by atoms with Gasteiger partial charge in [0.15, 0.2) is 0 Å². The fraction of sp³-hybridized carbons (Fsp3) is 0.533. The first-order valence-corrected chi connectivity index (χ1v) is 8.26. The van der Waals surface area contributed by atoms with Crippen molar-refractivity contribution in [2.45, 2.75) is 38.5 Å². The lowest BCUT2D eigenvalue weighted by atomic mass is 10.2. The van der Waals surface area contributed by atoms with Gasteiger partial charge in [-0.2, -0.15) is 0 Å². The molecule has 0 spiro atoms. The molecule has 0 amide bonds. The summed E-state index contributed by atoms with van der Waals surface area (Å²) in [5.74, 6) is 3.77. The maximum absolute atomic E-state index is 4.72. The molecule has 0 radical (unpaired) electrons. The normalized spacial score (nSPS) is 15.8. The highest BCUT2D eigenvalue weighted by molar-refractivity contribution is 7.09. The number of anilines is 2. The molecule has 1 fully saturated rings. The third-order valence-corrected chi connectivity index (χ3v) is 4.80. The van der Waals surface area contributed by atoms with Gasteiger partial charge in [-0.25, -0.2) is 15.0 Å². The zero-order chi connectivity index (χ0) is 14.8. The van der Waals surface area contributed by atoms with Gasteiger partial charge in [0.2, 0.25) is 0 Å². The molecule has 0 saturated heterocycles. The van der Waals surface area contributed by atoms with Crippen LogP contribution in [-0.4, -0.2) is 28.5 Å². The van der Waals surface area contributed by atoms with Crippen LogP contribution in [0.3, 0.4) is 0 Å². The maximum Gasteiger partial charge on any atom is 0.136 e. The first-order valence-electron chi connectivity index (χ1n) is 7.38. The number of aromatic nitrogens is 3. The summed E-state index contributed by atoms with van der Waals surface area (Å²) in [6, 6.07) is 0. The van der Waals surface area contributed by atoms with Crippen molar-refractivity contribution in [1.82, 2.24) is 15.0 Å². The van der Waals surface area contributed by atoms with Crippen LogP contribution in [0.2, 0.25) is 0 Å². The van der Waals surface area contributed by atoms with Crippen molar-refractivity contribution in [2.75, 3.05) is 24.2 Å². The van der Waals surface area contributed by atoms with Gasteiger partial charge in [0.05, 0.1) is 5.01 Å². The van der Waals surface area contributed by atoms with E-state index in [1.54, 1.807) is 11.3 Å². The fourth-order valence-electron chi connectivity index (χ4n) is 2.29. The maximum atomic E-state index is 4.72. The van der Waals surface area contributed by atoms with Crippen LogP contribution in [0.5, 0.6) is 0 Å². The number of nitrogens with one attached hydrogen (secondary N) is 2. The highest BCUT2D eigenvalue weighted by Gasteiger charge is 2.28. The van der Waals surface area contributed by atoms with Gasteiger partial charge in [0.25, 0.3) is 0 Å². The third kappa shape index (κ3) is 3.15. The molecule has 2 N–H and O–H groups in total. The molecule has 5 nitrogen and oxygen atoms in total. The molecule has 0 aromatic carbocycles. The van der Waals surface area contributed by atoms with Gasteiger partial charge in [-0.1, -0.05) is 6.92 Å². The molecule has 1 unspecified atom stereocenters. The standard InChI is InChI=1S/C15H21N5S/c1-9(15-17-6-7-21-15)8-18-13-10(2)12(16-3)19-14(20-13)11-4-5-11/h6-7,9,11H,4-5,8H2,1-3H3,(H2,16,18,19,20). The Morgan fingerprint density at radius 2 is 2.10 bits per heavy atom. The predicted molar refractivity (Wildman–Crippen MR) is 87.3 cm³/mol. The van der Waals surface area contributed by atoms with Crippen LogP contribution in [0.15, 0.2) is 11.6 Å². The zero-order valence-corrected chi connectivity index (χ0v) is 13.5. The van der Waals surface area contributed by atoms with E-state index in [-0.39, 0.29) is 0 Å². The topological polar surface area (TPSA) is 62.7 Å². The van der Waals surface area contributed by atoms with Crippen LogP contribution in [-0.2, 0) is 0 Å². The van der Waals surface area contributed by atoms with E-state index in [2.05, 4.69) is 34.4 Å². The molecule has 2 aromatic heterocycles. The fourth-order valence-corrected chi connectivity index (χ4v) is 2.99. The lowest BCUT2D eigenvalue weighted by Gasteiger charge is -2.15. The van der Waals surface area contributed by atoms with Gasteiger partial charge in [-0.3, -0.25) is 0 Å². The van der Waals surface area contributed by atoms with Crippen molar-refractivity contribution in [3.63, 3.8) is 0 Å². The van der Waals surface area contributed by atoms with Gasteiger partial charge in [0, 0.05) is 42.6 Å². The summed E-state index contributed by atoms with van der Waals surface area (Å²) in [7, 11) is 1.91. The Labute approximate surface area is 129 Å². The van der Waals surface area contributed by atoms with Crippen LogP contribution in [0.4, 0.5) is 11.6 Å². The number of nitrogens with zero attached hydrogens (tertiary/aromatic N) is 3. The van der Waals surface area contributed by atoms with Crippen molar-refractivity contribution in [2.24, 2.45) is 0 Å². The Bertz CT molecular complexity index is 607. The van der Waals surface area contributed by atoms with Gasteiger partial charge in [0.1, 0.15) is 17.5 Å². The molecule has 0 bridgehead atoms. The minimum absolute atomic E-state index is 0.377. The molecule has 0 aliphatic heterocycles. The van der Waals surface area contributed by atoms with Crippen LogP contribution >= 0.6 is 11.3 Å². The predicted octanol–water partition coefficient (Wildman–Crippen LogP) is 3.38. The number of hydrogen-bond acceptors (Lipinski definition) is 6. The molecule has 1 saturated carbocycles. The van der Waals surface area contributed by atoms with Crippen molar-refractivity contribution >= 4 is 23.0 Å². The molecule has 6 heteroatoms. The monoisotopic (exact) mass is 303 g/mol. The highest BCUT2D eigenvalue weighted by Crippen LogP contribution is 2.39. The van der Waals surface area contributed by atoms with E-state index < -0.39 is 0 Å². The summed E-state index contributed by atoms with van der Waals surface area (Å²) >= 11 is 1.70.